The van der Waals surface area contributed by atoms with Crippen LogP contribution in [0.15, 0.2) is 51.9 Å². The van der Waals surface area contributed by atoms with E-state index >= 15 is 0 Å². The average molecular weight is 413 g/mol. The van der Waals surface area contributed by atoms with Gasteiger partial charge in [0.25, 0.3) is 10.0 Å². The lowest BCUT2D eigenvalue weighted by molar-refractivity contribution is -0.386. The van der Waals surface area contributed by atoms with Crippen LogP contribution >= 0.6 is 0 Å². The third-order valence-corrected chi connectivity index (χ3v) is 5.81. The smallest absolute Gasteiger partial charge is 0.338 e. The standard InChI is InChI=1S/C20H19N3O5S/c1-13-4-8-17(12-14(13)2)22-29(26,27)18-9-5-16(6-10-18)7-11-19-20(23(24)25)15(3)21-28-19/h4-12,22H,1-3H3/b11-7+. The van der Waals surface area contributed by atoms with Gasteiger partial charge in [0.15, 0.2) is 5.69 Å². The van der Waals surface area contributed by atoms with Gasteiger partial charge in [-0.25, -0.2) is 8.42 Å². The van der Waals surface area contributed by atoms with Crippen LogP contribution in [0.2, 0.25) is 0 Å². The predicted octanol–water partition coefficient (Wildman–Crippen LogP) is 4.48. The van der Waals surface area contributed by atoms with E-state index in [1.165, 1.54) is 25.1 Å². The molecular weight excluding hydrogens is 394 g/mol. The molecule has 0 aliphatic rings. The molecule has 0 saturated carbocycles. The van der Waals surface area contributed by atoms with Gasteiger partial charge in [-0.1, -0.05) is 29.4 Å². The van der Waals surface area contributed by atoms with Crippen molar-refractivity contribution in [2.75, 3.05) is 4.72 Å². The Hall–Kier alpha value is -3.46. The Morgan fingerprint density at radius 3 is 2.34 bits per heavy atom. The maximum atomic E-state index is 12.6. The first-order chi connectivity index (χ1) is 13.7. The zero-order valence-electron chi connectivity index (χ0n) is 16.0. The van der Waals surface area contributed by atoms with E-state index in [0.717, 1.165) is 11.1 Å². The van der Waals surface area contributed by atoms with Gasteiger partial charge in [0.1, 0.15) is 0 Å². The second kappa shape index (κ2) is 7.88. The second-order valence-corrected chi connectivity index (χ2v) is 8.23. The number of benzene rings is 2. The Bertz CT molecular complexity index is 1200. The van der Waals surface area contributed by atoms with Crippen molar-refractivity contribution in [2.24, 2.45) is 0 Å². The van der Waals surface area contributed by atoms with Crippen LogP contribution in [0.4, 0.5) is 11.4 Å². The Kier molecular flexibility index (Phi) is 5.51. The zero-order chi connectivity index (χ0) is 21.2. The summed E-state index contributed by atoms with van der Waals surface area (Å²) in [5.74, 6) is 0.0283. The summed E-state index contributed by atoms with van der Waals surface area (Å²) in [6, 6.07) is 11.5. The molecular formula is C20H19N3O5S. The molecule has 0 fully saturated rings. The van der Waals surface area contributed by atoms with Crippen LogP contribution in [0.3, 0.4) is 0 Å². The zero-order valence-corrected chi connectivity index (χ0v) is 16.9. The van der Waals surface area contributed by atoms with Gasteiger partial charge in [0.2, 0.25) is 5.76 Å². The van der Waals surface area contributed by atoms with Gasteiger partial charge in [-0.05, 0) is 67.8 Å². The fraction of sp³-hybridized carbons (Fsp3) is 0.150. The first kappa shape index (κ1) is 20.3. The van der Waals surface area contributed by atoms with Crippen molar-refractivity contribution in [3.05, 3.63) is 80.7 Å². The van der Waals surface area contributed by atoms with Gasteiger partial charge in [-0.2, -0.15) is 0 Å². The molecule has 1 aromatic heterocycles. The fourth-order valence-corrected chi connectivity index (χ4v) is 3.71. The highest BCUT2D eigenvalue weighted by molar-refractivity contribution is 7.92. The Morgan fingerprint density at radius 1 is 1.03 bits per heavy atom. The van der Waals surface area contributed by atoms with E-state index in [1.807, 2.05) is 19.9 Å². The summed E-state index contributed by atoms with van der Waals surface area (Å²) < 4.78 is 32.7. The van der Waals surface area contributed by atoms with Crippen LogP contribution < -0.4 is 4.72 Å². The molecule has 0 bridgehead atoms. The molecule has 9 heteroatoms. The van der Waals surface area contributed by atoms with Crippen LogP contribution in [-0.4, -0.2) is 18.5 Å². The number of nitro groups is 1. The molecule has 0 spiro atoms. The lowest BCUT2D eigenvalue weighted by atomic mass is 10.1. The topological polar surface area (TPSA) is 115 Å². The Morgan fingerprint density at radius 2 is 1.72 bits per heavy atom. The van der Waals surface area contributed by atoms with Crippen molar-refractivity contribution in [3.63, 3.8) is 0 Å². The maximum Gasteiger partial charge on any atom is 0.338 e. The minimum atomic E-state index is -3.73. The molecule has 3 rings (SSSR count). The van der Waals surface area contributed by atoms with Crippen LogP contribution in [0.5, 0.6) is 0 Å². The fourth-order valence-electron chi connectivity index (χ4n) is 2.66. The number of aryl methyl sites for hydroxylation is 3. The van der Waals surface area contributed by atoms with Crippen molar-refractivity contribution in [1.82, 2.24) is 5.16 Å². The van der Waals surface area contributed by atoms with E-state index in [2.05, 4.69) is 9.88 Å². The molecule has 1 N–H and O–H groups in total. The summed E-state index contributed by atoms with van der Waals surface area (Å²) in [6.45, 7) is 5.35. The van der Waals surface area contributed by atoms with Crippen LogP contribution in [-0.2, 0) is 10.0 Å². The Balaban J connectivity index is 1.79. The van der Waals surface area contributed by atoms with E-state index in [4.69, 9.17) is 4.52 Å². The van der Waals surface area contributed by atoms with Crippen LogP contribution in [0.1, 0.15) is 28.1 Å². The van der Waals surface area contributed by atoms with Gasteiger partial charge in [-0.3, -0.25) is 14.8 Å². The normalized spacial score (nSPS) is 11.7. The lowest BCUT2D eigenvalue weighted by Crippen LogP contribution is -2.13. The number of hydrogen-bond donors (Lipinski definition) is 1. The highest BCUT2D eigenvalue weighted by Crippen LogP contribution is 2.25. The molecule has 0 unspecified atom stereocenters. The third-order valence-electron chi connectivity index (χ3n) is 4.42. The van der Waals surface area contributed by atoms with Crippen molar-refractivity contribution in [3.8, 4) is 0 Å². The maximum absolute atomic E-state index is 12.6. The monoisotopic (exact) mass is 413 g/mol. The molecule has 2 aromatic carbocycles. The largest absolute Gasteiger partial charge is 0.349 e. The van der Waals surface area contributed by atoms with Gasteiger partial charge in [0.05, 0.1) is 9.82 Å². The minimum absolute atomic E-state index is 0.0283. The van der Waals surface area contributed by atoms with E-state index in [1.54, 1.807) is 30.3 Å². The summed E-state index contributed by atoms with van der Waals surface area (Å²) in [7, 11) is -3.73. The first-order valence-electron chi connectivity index (χ1n) is 8.66. The van der Waals surface area contributed by atoms with Crippen molar-refractivity contribution in [1.29, 1.82) is 0 Å². The molecule has 0 saturated heterocycles. The quantitative estimate of drug-likeness (QED) is 0.470. The molecule has 0 aliphatic carbocycles. The molecule has 3 aromatic rings. The van der Waals surface area contributed by atoms with E-state index in [9.17, 15) is 18.5 Å². The molecule has 0 radical (unpaired) electrons. The molecule has 29 heavy (non-hydrogen) atoms. The molecule has 0 atom stereocenters. The number of anilines is 1. The minimum Gasteiger partial charge on any atom is -0.349 e. The number of nitrogens with one attached hydrogen (secondary N) is 1. The van der Waals surface area contributed by atoms with Gasteiger partial charge in [-0.15, -0.1) is 0 Å². The summed E-state index contributed by atoms with van der Waals surface area (Å²) in [5.41, 5.74) is 3.20. The Labute approximate surface area is 168 Å². The number of sulfonamides is 1. The molecule has 0 aliphatic heterocycles. The molecule has 8 nitrogen and oxygen atoms in total. The van der Waals surface area contributed by atoms with Crippen LogP contribution in [0, 0.1) is 30.9 Å². The molecule has 150 valence electrons. The number of hydrogen-bond acceptors (Lipinski definition) is 6. The van der Waals surface area contributed by atoms with Crippen molar-refractivity contribution < 1.29 is 17.9 Å². The van der Waals surface area contributed by atoms with E-state index < -0.39 is 14.9 Å². The average Bonchev–Trinajstić information content (AvgIpc) is 3.04. The van der Waals surface area contributed by atoms with Crippen LogP contribution in [0.25, 0.3) is 12.2 Å². The highest BCUT2D eigenvalue weighted by atomic mass is 32.2. The van der Waals surface area contributed by atoms with Crippen molar-refractivity contribution >= 4 is 33.6 Å². The molecule has 1 heterocycles. The van der Waals surface area contributed by atoms with E-state index in [0.29, 0.717) is 11.3 Å². The van der Waals surface area contributed by atoms with Gasteiger partial charge < -0.3 is 4.52 Å². The number of nitrogens with zero attached hydrogens (tertiary/aromatic N) is 2. The summed E-state index contributed by atoms with van der Waals surface area (Å²) >= 11 is 0. The first-order valence-corrected chi connectivity index (χ1v) is 10.1. The SMILES string of the molecule is Cc1ccc(NS(=O)(=O)c2ccc(/C=C/c3onc(C)c3[N+](=O)[O-])cc2)cc1C. The van der Waals surface area contributed by atoms with Crippen molar-refractivity contribution in [2.45, 2.75) is 25.7 Å². The van der Waals surface area contributed by atoms with Gasteiger partial charge >= 0.3 is 5.69 Å². The number of aromatic nitrogens is 1. The second-order valence-electron chi connectivity index (χ2n) is 6.54. The summed E-state index contributed by atoms with van der Waals surface area (Å²) in [4.78, 5) is 10.6. The van der Waals surface area contributed by atoms with E-state index in [-0.39, 0.29) is 22.0 Å². The summed E-state index contributed by atoms with van der Waals surface area (Å²) in [6.07, 6.45) is 3.01. The summed E-state index contributed by atoms with van der Waals surface area (Å²) in [5, 5.41) is 14.7. The molecule has 0 amide bonds. The number of rotatable bonds is 6. The highest BCUT2D eigenvalue weighted by Gasteiger charge is 2.22. The third kappa shape index (κ3) is 4.52. The predicted molar refractivity (Wildman–Crippen MR) is 110 cm³/mol. The lowest BCUT2D eigenvalue weighted by Gasteiger charge is -2.10. The van der Waals surface area contributed by atoms with Gasteiger partial charge in [0, 0.05) is 5.69 Å².